The van der Waals surface area contributed by atoms with E-state index >= 15 is 0 Å². The molecule has 0 heterocycles. The van der Waals surface area contributed by atoms with Crippen molar-refractivity contribution in [1.82, 2.24) is 0 Å². The lowest BCUT2D eigenvalue weighted by Gasteiger charge is -2.46. The van der Waals surface area contributed by atoms with Gasteiger partial charge < -0.3 is 0 Å². The molecule has 5 aliphatic rings. The maximum Gasteiger partial charge on any atom is 0.0814 e. The molecule has 28 heavy (non-hydrogen) atoms. The lowest BCUT2D eigenvalue weighted by atomic mass is 9.84. The van der Waals surface area contributed by atoms with Gasteiger partial charge >= 0.3 is 0 Å². The molecule has 1 aromatic rings. The van der Waals surface area contributed by atoms with Crippen LogP contribution < -0.4 is 0 Å². The van der Waals surface area contributed by atoms with Crippen LogP contribution in [0.4, 0.5) is 0 Å². The number of fused-ring (bicyclic) bond motifs is 4. The summed E-state index contributed by atoms with van der Waals surface area (Å²) >= 11 is 0. The zero-order chi connectivity index (χ0) is 17.8. The van der Waals surface area contributed by atoms with Crippen LogP contribution >= 0.6 is 7.92 Å². The highest BCUT2D eigenvalue weighted by atomic mass is 31.1. The molecular formula is C26H40BP. The molecule has 4 bridgehead atoms. The Morgan fingerprint density at radius 2 is 1.18 bits per heavy atom. The van der Waals surface area contributed by atoms with Gasteiger partial charge in [-0.05, 0) is 116 Å². The molecule has 0 radical (unpaired) electrons. The molecule has 0 amide bonds. The SMILES string of the molecule is B.c1ccc(C2CCC(P(C3CC4CCC3C4)C3CC4CCC3C4)CC2)cc1. The van der Waals surface area contributed by atoms with E-state index in [1.165, 1.54) is 24.2 Å². The van der Waals surface area contributed by atoms with Gasteiger partial charge in [0, 0.05) is 0 Å². The predicted octanol–water partition coefficient (Wildman–Crippen LogP) is 6.39. The van der Waals surface area contributed by atoms with Crippen LogP contribution in [0.25, 0.3) is 0 Å². The molecule has 152 valence electrons. The Kier molecular flexibility index (Phi) is 5.69. The van der Waals surface area contributed by atoms with Crippen molar-refractivity contribution in [3.05, 3.63) is 35.9 Å². The topological polar surface area (TPSA) is 0 Å². The zero-order valence-corrected chi connectivity index (χ0v) is 17.8. The second-order valence-electron chi connectivity index (χ2n) is 10.8. The van der Waals surface area contributed by atoms with Crippen LogP contribution in [-0.2, 0) is 0 Å². The molecule has 5 aliphatic carbocycles. The molecule has 6 atom stereocenters. The molecule has 1 aromatic carbocycles. The largest absolute Gasteiger partial charge is 0.0966 e. The summed E-state index contributed by atoms with van der Waals surface area (Å²) < 4.78 is 0. The van der Waals surface area contributed by atoms with Gasteiger partial charge in [0.15, 0.2) is 0 Å². The highest BCUT2D eigenvalue weighted by Gasteiger charge is 2.52. The normalized spacial score (nSPS) is 45.1. The van der Waals surface area contributed by atoms with Gasteiger partial charge in [-0.15, -0.1) is 0 Å². The number of hydrogen-bond acceptors (Lipinski definition) is 0. The lowest BCUT2D eigenvalue weighted by molar-refractivity contribution is 0.423. The maximum absolute atomic E-state index is 2.39. The van der Waals surface area contributed by atoms with E-state index < -0.39 is 0 Å². The minimum Gasteiger partial charge on any atom is -0.0966 e. The third-order valence-electron chi connectivity index (χ3n) is 9.56. The minimum atomic E-state index is 0. The van der Waals surface area contributed by atoms with Gasteiger partial charge in [-0.3, -0.25) is 0 Å². The fraction of sp³-hybridized carbons (Fsp3) is 0.769. The van der Waals surface area contributed by atoms with E-state index in [0.29, 0.717) is 7.92 Å². The van der Waals surface area contributed by atoms with Gasteiger partial charge in [0.2, 0.25) is 0 Å². The second-order valence-corrected chi connectivity index (χ2v) is 13.8. The molecule has 0 spiro atoms. The van der Waals surface area contributed by atoms with Crippen LogP contribution in [-0.4, -0.2) is 25.4 Å². The molecule has 0 nitrogen and oxygen atoms in total. The molecule has 0 aliphatic heterocycles. The van der Waals surface area contributed by atoms with E-state index in [1.54, 1.807) is 69.8 Å². The van der Waals surface area contributed by atoms with Crippen LogP contribution in [0.1, 0.15) is 88.5 Å². The van der Waals surface area contributed by atoms with E-state index in [0.717, 1.165) is 35.2 Å². The van der Waals surface area contributed by atoms with Crippen LogP contribution in [0, 0.1) is 23.7 Å². The van der Waals surface area contributed by atoms with Crippen LogP contribution in [0.3, 0.4) is 0 Å². The first-order valence-corrected chi connectivity index (χ1v) is 13.7. The highest BCUT2D eigenvalue weighted by Crippen LogP contribution is 2.70. The molecule has 0 aromatic heterocycles. The lowest BCUT2D eigenvalue weighted by Crippen LogP contribution is -2.31. The first-order valence-electron chi connectivity index (χ1n) is 12.2. The summed E-state index contributed by atoms with van der Waals surface area (Å²) in [5.41, 5.74) is 5.15. The summed E-state index contributed by atoms with van der Waals surface area (Å²) in [5, 5.41) is 0. The highest BCUT2D eigenvalue weighted by molar-refractivity contribution is 7.60. The smallest absolute Gasteiger partial charge is 0.0814 e. The third kappa shape index (κ3) is 3.43. The van der Waals surface area contributed by atoms with Crippen molar-refractivity contribution in [1.29, 1.82) is 0 Å². The van der Waals surface area contributed by atoms with Crippen molar-refractivity contribution in [2.45, 2.75) is 99.9 Å². The Morgan fingerprint density at radius 3 is 1.64 bits per heavy atom. The molecule has 0 N–H and O–H groups in total. The van der Waals surface area contributed by atoms with Gasteiger partial charge in [-0.2, -0.15) is 0 Å². The minimum absolute atomic E-state index is 0. The van der Waals surface area contributed by atoms with Crippen molar-refractivity contribution >= 4 is 16.3 Å². The maximum atomic E-state index is 2.39. The molecule has 6 unspecified atom stereocenters. The Balaban J connectivity index is 0.00000171. The van der Waals surface area contributed by atoms with E-state index in [1.807, 2.05) is 0 Å². The van der Waals surface area contributed by atoms with Gasteiger partial charge in [0.25, 0.3) is 0 Å². The van der Waals surface area contributed by atoms with Crippen LogP contribution in [0.2, 0.25) is 0 Å². The second kappa shape index (κ2) is 8.09. The van der Waals surface area contributed by atoms with Crippen molar-refractivity contribution in [3.8, 4) is 0 Å². The van der Waals surface area contributed by atoms with Crippen molar-refractivity contribution in [2.24, 2.45) is 23.7 Å². The first-order chi connectivity index (χ1) is 13.3. The quantitative estimate of drug-likeness (QED) is 0.410. The summed E-state index contributed by atoms with van der Waals surface area (Å²) in [6.07, 6.45) is 19.0. The first kappa shape index (κ1) is 19.7. The summed E-state index contributed by atoms with van der Waals surface area (Å²) in [5.74, 6) is 5.46. The molecule has 5 fully saturated rings. The molecule has 0 saturated heterocycles. The third-order valence-corrected chi connectivity index (χ3v) is 13.7. The van der Waals surface area contributed by atoms with E-state index in [9.17, 15) is 0 Å². The van der Waals surface area contributed by atoms with Crippen molar-refractivity contribution in [3.63, 3.8) is 0 Å². The number of hydrogen-bond donors (Lipinski definition) is 0. The average molecular weight is 394 g/mol. The van der Waals surface area contributed by atoms with Crippen LogP contribution in [0.5, 0.6) is 0 Å². The Morgan fingerprint density at radius 1 is 0.607 bits per heavy atom. The monoisotopic (exact) mass is 394 g/mol. The number of benzene rings is 1. The Bertz CT molecular complexity index is 624. The fourth-order valence-corrected chi connectivity index (χ4v) is 13.4. The fourth-order valence-electron chi connectivity index (χ4n) is 8.37. The Labute approximate surface area is 176 Å². The van der Waals surface area contributed by atoms with E-state index in [-0.39, 0.29) is 8.41 Å². The van der Waals surface area contributed by atoms with Crippen molar-refractivity contribution in [2.75, 3.05) is 0 Å². The van der Waals surface area contributed by atoms with Gasteiger partial charge in [-0.25, -0.2) is 0 Å². The predicted molar refractivity (Wildman–Crippen MR) is 127 cm³/mol. The zero-order valence-electron chi connectivity index (χ0n) is 16.9. The van der Waals surface area contributed by atoms with E-state index in [4.69, 9.17) is 0 Å². The van der Waals surface area contributed by atoms with Crippen molar-refractivity contribution < 1.29 is 0 Å². The molecule has 5 saturated carbocycles. The van der Waals surface area contributed by atoms with Gasteiger partial charge in [0.1, 0.15) is 0 Å². The summed E-state index contributed by atoms with van der Waals surface area (Å²) in [6, 6.07) is 11.5. The number of rotatable bonds is 4. The average Bonchev–Trinajstić information content (AvgIpc) is 3.52. The Hall–Kier alpha value is -0.285. The molecule has 6 rings (SSSR count). The van der Waals surface area contributed by atoms with E-state index in [2.05, 4.69) is 30.3 Å². The summed E-state index contributed by atoms with van der Waals surface area (Å²) in [6.45, 7) is 0. The van der Waals surface area contributed by atoms with Gasteiger partial charge in [-0.1, -0.05) is 51.1 Å². The van der Waals surface area contributed by atoms with Gasteiger partial charge in [0.05, 0.1) is 8.41 Å². The molecular weight excluding hydrogens is 354 g/mol. The standard InChI is InChI=1S/C26H37P.BH3/c1-2-4-20(5-3-1)21-10-12-24(13-11-21)27(25-16-18-6-8-22(25)14-18)26-17-19-7-9-23(26)15-19;/h1-5,18-19,21-26H,6-17H2;1H3. The summed E-state index contributed by atoms with van der Waals surface area (Å²) in [7, 11) is 0.302. The summed E-state index contributed by atoms with van der Waals surface area (Å²) in [4.78, 5) is 0. The molecule has 2 heteroatoms. The van der Waals surface area contributed by atoms with Crippen LogP contribution in [0.15, 0.2) is 30.3 Å².